The van der Waals surface area contributed by atoms with E-state index < -0.39 is 24.0 Å². The van der Waals surface area contributed by atoms with Crippen molar-refractivity contribution in [2.75, 3.05) is 17.2 Å². The fraction of sp³-hybridized carbons (Fsp3) is 0.148. The summed E-state index contributed by atoms with van der Waals surface area (Å²) in [6, 6.07) is 21.6. The Morgan fingerprint density at radius 2 is 1.42 bits per heavy atom. The number of nitrogens with one attached hydrogen (secondary N) is 4. The molecule has 0 aromatic heterocycles. The minimum Gasteiger partial charge on any atom is -0.391 e. The first kappa shape index (κ1) is 26.0. The Labute approximate surface area is 208 Å². The number of carbonyl (C=O) groups excluding carboxylic acids is 3. The average Bonchev–Trinajstić information content (AvgIpc) is 2.90. The van der Waals surface area contributed by atoms with Crippen LogP contribution in [0.5, 0.6) is 0 Å². The number of hydrogen-bond donors (Lipinski definition) is 6. The van der Waals surface area contributed by atoms with E-state index in [-0.39, 0.29) is 18.0 Å². The molecule has 184 valence electrons. The lowest BCUT2D eigenvalue weighted by molar-refractivity contribution is -0.133. The zero-order valence-corrected chi connectivity index (χ0v) is 19.5. The summed E-state index contributed by atoms with van der Waals surface area (Å²) < 4.78 is 0. The fourth-order valence-electron chi connectivity index (χ4n) is 3.13. The van der Waals surface area contributed by atoms with Gasteiger partial charge in [0.05, 0.1) is 12.6 Å². The third kappa shape index (κ3) is 7.70. The van der Waals surface area contributed by atoms with Crippen LogP contribution in [0.15, 0.2) is 78.9 Å². The van der Waals surface area contributed by atoms with Gasteiger partial charge >= 0.3 is 0 Å². The lowest BCUT2D eigenvalue weighted by Crippen LogP contribution is -2.51. The average molecular weight is 487 g/mol. The van der Waals surface area contributed by atoms with E-state index in [2.05, 4.69) is 27.8 Å². The topological polar surface area (TPSA) is 140 Å². The first-order chi connectivity index (χ1) is 17.4. The monoisotopic (exact) mass is 486 g/mol. The van der Waals surface area contributed by atoms with Gasteiger partial charge in [-0.2, -0.15) is 0 Å². The molecule has 0 aliphatic heterocycles. The van der Waals surface area contributed by atoms with Crippen molar-refractivity contribution in [2.45, 2.75) is 19.1 Å². The molecule has 9 heteroatoms. The predicted molar refractivity (Wildman–Crippen MR) is 135 cm³/mol. The van der Waals surface area contributed by atoms with E-state index in [1.54, 1.807) is 36.4 Å². The summed E-state index contributed by atoms with van der Waals surface area (Å²) in [4.78, 5) is 36.0. The molecule has 0 saturated heterocycles. The lowest BCUT2D eigenvalue weighted by atomic mass is 10.1. The number of rotatable bonds is 8. The van der Waals surface area contributed by atoms with Crippen LogP contribution in [-0.2, 0) is 9.59 Å². The Kier molecular flexibility index (Phi) is 9.17. The van der Waals surface area contributed by atoms with E-state index >= 15 is 0 Å². The summed E-state index contributed by atoms with van der Waals surface area (Å²) >= 11 is 0. The van der Waals surface area contributed by atoms with Crippen LogP contribution in [0.3, 0.4) is 0 Å². The quantitative estimate of drug-likeness (QED) is 0.164. The molecule has 0 bridgehead atoms. The maximum absolute atomic E-state index is 12.3. The van der Waals surface area contributed by atoms with Crippen LogP contribution in [0, 0.1) is 11.8 Å². The molecule has 0 aliphatic carbocycles. The molecule has 3 amide bonds. The number of hydrogen-bond acceptors (Lipinski definition) is 6. The van der Waals surface area contributed by atoms with E-state index in [1.807, 2.05) is 30.3 Å². The molecule has 0 spiro atoms. The largest absolute Gasteiger partial charge is 0.391 e. The van der Waals surface area contributed by atoms with Crippen LogP contribution in [-0.4, -0.2) is 46.7 Å². The molecule has 0 heterocycles. The number of carbonyl (C=O) groups is 3. The van der Waals surface area contributed by atoms with Gasteiger partial charge in [0, 0.05) is 28.1 Å². The molecule has 9 nitrogen and oxygen atoms in total. The van der Waals surface area contributed by atoms with E-state index in [9.17, 15) is 19.5 Å². The number of aliphatic hydroxyl groups is 1. The minimum absolute atomic E-state index is 0.147. The van der Waals surface area contributed by atoms with Crippen molar-refractivity contribution in [1.82, 2.24) is 10.8 Å². The van der Waals surface area contributed by atoms with Gasteiger partial charge in [-0.1, -0.05) is 30.0 Å². The van der Waals surface area contributed by atoms with Crippen LogP contribution in [0.1, 0.15) is 28.4 Å². The third-order valence-electron chi connectivity index (χ3n) is 5.06. The first-order valence-corrected chi connectivity index (χ1v) is 11.1. The van der Waals surface area contributed by atoms with Gasteiger partial charge in [0.15, 0.2) is 0 Å². The van der Waals surface area contributed by atoms with Crippen molar-refractivity contribution >= 4 is 29.1 Å². The number of anilines is 2. The van der Waals surface area contributed by atoms with Crippen molar-refractivity contribution < 1.29 is 24.7 Å². The highest BCUT2D eigenvalue weighted by Gasteiger charge is 2.25. The lowest BCUT2D eigenvalue weighted by Gasteiger charge is -2.19. The Morgan fingerprint density at radius 1 is 0.833 bits per heavy atom. The van der Waals surface area contributed by atoms with Crippen LogP contribution in [0.25, 0.3) is 0 Å². The zero-order chi connectivity index (χ0) is 25.9. The molecule has 3 rings (SSSR count). The molecule has 2 atom stereocenters. The second kappa shape index (κ2) is 12.7. The number of amides is 3. The summed E-state index contributed by atoms with van der Waals surface area (Å²) in [5.41, 5.74) is 4.60. The van der Waals surface area contributed by atoms with Crippen LogP contribution in [0.4, 0.5) is 11.4 Å². The number of para-hydroxylation sites is 1. The number of hydroxylamine groups is 1. The molecule has 0 saturated carbocycles. The third-order valence-corrected chi connectivity index (χ3v) is 5.06. The van der Waals surface area contributed by atoms with Gasteiger partial charge in [0.1, 0.15) is 6.04 Å². The van der Waals surface area contributed by atoms with E-state index in [1.165, 1.54) is 24.5 Å². The smallest absolute Gasteiger partial charge is 0.268 e. The van der Waals surface area contributed by atoms with Crippen molar-refractivity contribution in [3.05, 3.63) is 95.6 Å². The SMILES string of the molecule is C[C@@H](O)[C@H](NC(=O)c1ccc(C#Cc2ccc(NC(=O)CNc3ccccc3)cc2)cc1)C(=O)NO. The fourth-order valence-corrected chi connectivity index (χ4v) is 3.13. The van der Waals surface area contributed by atoms with E-state index in [0.717, 1.165) is 11.3 Å². The van der Waals surface area contributed by atoms with Crippen LogP contribution >= 0.6 is 0 Å². The van der Waals surface area contributed by atoms with Crippen LogP contribution in [0.2, 0.25) is 0 Å². The summed E-state index contributed by atoms with van der Waals surface area (Å²) in [5, 5.41) is 26.6. The molecule has 36 heavy (non-hydrogen) atoms. The van der Waals surface area contributed by atoms with Gasteiger partial charge in [-0.25, -0.2) is 5.48 Å². The Morgan fingerprint density at radius 3 is 1.97 bits per heavy atom. The Bertz CT molecular complexity index is 1250. The van der Waals surface area contributed by atoms with E-state index in [0.29, 0.717) is 11.3 Å². The highest BCUT2D eigenvalue weighted by Crippen LogP contribution is 2.10. The standard InChI is InChI=1S/C27H26N4O5/c1-18(32)25(27(35)31-36)30-26(34)21-13-9-19(10-14-21)7-8-20-11-15-23(16-12-20)29-24(33)17-28-22-5-3-2-4-6-22/h2-6,9-16,18,25,28,32,36H,17H2,1H3,(H,29,33)(H,30,34)(H,31,35)/t18-,25+/m1/s1. The summed E-state index contributed by atoms with van der Waals surface area (Å²) in [5.74, 6) is 4.34. The van der Waals surface area contributed by atoms with Crippen molar-refractivity contribution in [1.29, 1.82) is 0 Å². The highest BCUT2D eigenvalue weighted by atomic mass is 16.5. The first-order valence-electron chi connectivity index (χ1n) is 11.1. The van der Waals surface area contributed by atoms with Crippen molar-refractivity contribution in [3.63, 3.8) is 0 Å². The molecule has 0 radical (unpaired) electrons. The molecule has 3 aromatic carbocycles. The molecule has 0 fully saturated rings. The maximum Gasteiger partial charge on any atom is 0.268 e. The van der Waals surface area contributed by atoms with Gasteiger partial charge in [0.25, 0.3) is 11.8 Å². The van der Waals surface area contributed by atoms with Gasteiger partial charge in [-0.05, 0) is 67.6 Å². The normalized spacial score (nSPS) is 11.8. The number of aliphatic hydroxyl groups excluding tert-OH is 1. The van der Waals surface area contributed by atoms with Crippen LogP contribution < -0.4 is 21.4 Å². The van der Waals surface area contributed by atoms with Gasteiger partial charge in [-0.3, -0.25) is 19.6 Å². The maximum atomic E-state index is 12.3. The molecule has 3 aromatic rings. The molecular weight excluding hydrogens is 460 g/mol. The van der Waals surface area contributed by atoms with Crippen molar-refractivity contribution in [3.8, 4) is 11.8 Å². The second-order valence-corrected chi connectivity index (χ2v) is 7.84. The zero-order valence-electron chi connectivity index (χ0n) is 19.5. The van der Waals surface area contributed by atoms with Crippen molar-refractivity contribution in [2.24, 2.45) is 0 Å². The summed E-state index contributed by atoms with van der Waals surface area (Å²) in [6.07, 6.45) is -1.20. The minimum atomic E-state index is -1.30. The number of benzene rings is 3. The Balaban J connectivity index is 1.54. The van der Waals surface area contributed by atoms with E-state index in [4.69, 9.17) is 5.21 Å². The Hall–Kier alpha value is -4.65. The van der Waals surface area contributed by atoms with Gasteiger partial charge in [0.2, 0.25) is 5.91 Å². The summed E-state index contributed by atoms with van der Waals surface area (Å²) in [6.45, 7) is 1.47. The summed E-state index contributed by atoms with van der Waals surface area (Å²) in [7, 11) is 0. The second-order valence-electron chi connectivity index (χ2n) is 7.84. The molecule has 0 unspecified atom stereocenters. The molecule has 0 aliphatic rings. The van der Waals surface area contributed by atoms with Gasteiger partial charge < -0.3 is 21.1 Å². The predicted octanol–water partition coefficient (Wildman–Crippen LogP) is 2.12. The molecular formula is C27H26N4O5. The van der Waals surface area contributed by atoms with Gasteiger partial charge in [-0.15, -0.1) is 0 Å². The highest BCUT2D eigenvalue weighted by molar-refractivity contribution is 5.97. The molecule has 6 N–H and O–H groups in total.